The molecule has 2 aromatic heterocycles. The SMILES string of the molecule is CC(C)n1c(Cl)nc2cccnc21. The van der Waals surface area contributed by atoms with Gasteiger partial charge in [0.2, 0.25) is 5.28 Å². The molecule has 2 rings (SSSR count). The number of halogens is 1. The van der Waals surface area contributed by atoms with Crippen LogP contribution >= 0.6 is 11.6 Å². The summed E-state index contributed by atoms with van der Waals surface area (Å²) in [4.78, 5) is 8.44. The van der Waals surface area contributed by atoms with E-state index in [-0.39, 0.29) is 6.04 Å². The van der Waals surface area contributed by atoms with Gasteiger partial charge in [0.25, 0.3) is 0 Å². The fourth-order valence-corrected chi connectivity index (χ4v) is 1.73. The van der Waals surface area contributed by atoms with Crippen LogP contribution in [0.5, 0.6) is 0 Å². The molecule has 2 aromatic rings. The molecule has 2 heterocycles. The monoisotopic (exact) mass is 195 g/mol. The lowest BCUT2D eigenvalue weighted by Crippen LogP contribution is -2.01. The summed E-state index contributed by atoms with van der Waals surface area (Å²) in [5, 5.41) is 0.503. The van der Waals surface area contributed by atoms with Crippen molar-refractivity contribution in [2.45, 2.75) is 19.9 Å². The van der Waals surface area contributed by atoms with Crippen molar-refractivity contribution < 1.29 is 0 Å². The molecule has 3 nitrogen and oxygen atoms in total. The average molecular weight is 196 g/mol. The van der Waals surface area contributed by atoms with Gasteiger partial charge in [0.1, 0.15) is 5.52 Å². The Bertz CT molecular complexity index is 433. The maximum atomic E-state index is 5.97. The number of hydrogen-bond acceptors (Lipinski definition) is 2. The van der Waals surface area contributed by atoms with Crippen LogP contribution in [0.1, 0.15) is 19.9 Å². The molecule has 0 aliphatic carbocycles. The molecule has 0 N–H and O–H groups in total. The summed E-state index contributed by atoms with van der Waals surface area (Å²) in [6.45, 7) is 4.11. The van der Waals surface area contributed by atoms with Crippen LogP contribution in [0.15, 0.2) is 18.3 Å². The molecule has 68 valence electrons. The first-order chi connectivity index (χ1) is 6.20. The fraction of sp³-hybridized carbons (Fsp3) is 0.333. The minimum absolute atomic E-state index is 0.285. The first-order valence-corrected chi connectivity index (χ1v) is 4.56. The Morgan fingerprint density at radius 3 is 2.92 bits per heavy atom. The summed E-state index contributed by atoms with van der Waals surface area (Å²) in [6.07, 6.45) is 1.75. The number of hydrogen-bond donors (Lipinski definition) is 0. The minimum atomic E-state index is 0.285. The van der Waals surface area contributed by atoms with Gasteiger partial charge in [-0.05, 0) is 37.6 Å². The smallest absolute Gasteiger partial charge is 0.205 e. The number of rotatable bonds is 1. The molecule has 0 atom stereocenters. The van der Waals surface area contributed by atoms with Crippen LogP contribution < -0.4 is 0 Å². The van der Waals surface area contributed by atoms with E-state index in [0.717, 1.165) is 11.2 Å². The molecule has 0 spiro atoms. The molecule has 0 aliphatic rings. The molecular weight excluding hydrogens is 186 g/mol. The molecule has 0 fully saturated rings. The van der Waals surface area contributed by atoms with Gasteiger partial charge in [-0.3, -0.25) is 4.57 Å². The normalized spacial score (nSPS) is 11.4. The van der Waals surface area contributed by atoms with Crippen molar-refractivity contribution in [3.05, 3.63) is 23.6 Å². The molecule has 0 amide bonds. The van der Waals surface area contributed by atoms with Crippen LogP contribution in [0, 0.1) is 0 Å². The number of fused-ring (bicyclic) bond motifs is 1. The zero-order chi connectivity index (χ0) is 9.42. The Morgan fingerprint density at radius 2 is 2.23 bits per heavy atom. The van der Waals surface area contributed by atoms with Gasteiger partial charge in [0.05, 0.1) is 0 Å². The predicted octanol–water partition coefficient (Wildman–Crippen LogP) is 2.67. The largest absolute Gasteiger partial charge is 0.297 e. The standard InChI is InChI=1S/C9H10ClN3/c1-6(2)13-8-7(12-9(13)10)4-3-5-11-8/h3-6H,1-2H3. The zero-order valence-electron chi connectivity index (χ0n) is 7.53. The van der Waals surface area contributed by atoms with Gasteiger partial charge in [0, 0.05) is 12.2 Å². The van der Waals surface area contributed by atoms with E-state index in [1.165, 1.54) is 0 Å². The summed E-state index contributed by atoms with van der Waals surface area (Å²) in [7, 11) is 0. The van der Waals surface area contributed by atoms with Crippen molar-refractivity contribution in [3.63, 3.8) is 0 Å². The molecule has 0 radical (unpaired) electrons. The summed E-state index contributed by atoms with van der Waals surface area (Å²) >= 11 is 5.97. The molecule has 0 saturated carbocycles. The van der Waals surface area contributed by atoms with Crippen LogP contribution in [0.3, 0.4) is 0 Å². The molecule has 13 heavy (non-hydrogen) atoms. The highest BCUT2D eigenvalue weighted by Gasteiger charge is 2.11. The first-order valence-electron chi connectivity index (χ1n) is 4.18. The van der Waals surface area contributed by atoms with E-state index in [9.17, 15) is 0 Å². The van der Waals surface area contributed by atoms with E-state index in [4.69, 9.17) is 11.6 Å². The van der Waals surface area contributed by atoms with Gasteiger partial charge in [0.15, 0.2) is 5.65 Å². The third-order valence-corrected chi connectivity index (χ3v) is 2.19. The van der Waals surface area contributed by atoms with Gasteiger partial charge in [-0.2, -0.15) is 0 Å². The van der Waals surface area contributed by atoms with Gasteiger partial charge in [-0.25, -0.2) is 9.97 Å². The van der Waals surface area contributed by atoms with Crippen molar-refractivity contribution in [2.24, 2.45) is 0 Å². The Hall–Kier alpha value is -1.09. The summed E-state index contributed by atoms with van der Waals surface area (Å²) in [5.74, 6) is 0. The number of nitrogens with zero attached hydrogens (tertiary/aromatic N) is 3. The summed E-state index contributed by atoms with van der Waals surface area (Å²) < 4.78 is 1.91. The maximum absolute atomic E-state index is 5.97. The molecule has 0 bridgehead atoms. The fourth-order valence-electron chi connectivity index (χ4n) is 1.36. The second-order valence-corrected chi connectivity index (χ2v) is 3.53. The highest BCUT2D eigenvalue weighted by atomic mass is 35.5. The number of pyridine rings is 1. The van der Waals surface area contributed by atoms with Crippen molar-refractivity contribution in [2.75, 3.05) is 0 Å². The lowest BCUT2D eigenvalue weighted by atomic mass is 10.4. The molecule has 0 unspecified atom stereocenters. The maximum Gasteiger partial charge on any atom is 0.205 e. The molecule has 4 heteroatoms. The van der Waals surface area contributed by atoms with Crippen LogP contribution in [0.4, 0.5) is 0 Å². The van der Waals surface area contributed by atoms with Crippen LogP contribution in [-0.4, -0.2) is 14.5 Å². The molecule has 0 aromatic carbocycles. The molecular formula is C9H10ClN3. The van der Waals surface area contributed by atoms with Crippen molar-refractivity contribution in [1.29, 1.82) is 0 Å². The van der Waals surface area contributed by atoms with E-state index >= 15 is 0 Å². The predicted molar refractivity (Wildman–Crippen MR) is 52.9 cm³/mol. The van der Waals surface area contributed by atoms with E-state index in [0.29, 0.717) is 5.28 Å². The summed E-state index contributed by atoms with van der Waals surface area (Å²) in [5.41, 5.74) is 1.70. The Balaban J connectivity index is 2.78. The van der Waals surface area contributed by atoms with Crippen molar-refractivity contribution in [3.8, 4) is 0 Å². The van der Waals surface area contributed by atoms with Gasteiger partial charge >= 0.3 is 0 Å². The van der Waals surface area contributed by atoms with E-state index in [1.54, 1.807) is 6.20 Å². The van der Waals surface area contributed by atoms with Crippen LogP contribution in [0.25, 0.3) is 11.2 Å². The number of imidazole rings is 1. The first kappa shape index (κ1) is 8.51. The lowest BCUT2D eigenvalue weighted by molar-refractivity contribution is 0.614. The second kappa shape index (κ2) is 3.00. The van der Waals surface area contributed by atoms with Crippen LogP contribution in [-0.2, 0) is 0 Å². The van der Waals surface area contributed by atoms with Crippen LogP contribution in [0.2, 0.25) is 5.28 Å². The minimum Gasteiger partial charge on any atom is -0.297 e. The number of aromatic nitrogens is 3. The average Bonchev–Trinajstić information content (AvgIpc) is 2.39. The van der Waals surface area contributed by atoms with Gasteiger partial charge in [-0.15, -0.1) is 0 Å². The van der Waals surface area contributed by atoms with Gasteiger partial charge in [-0.1, -0.05) is 0 Å². The van der Waals surface area contributed by atoms with E-state index < -0.39 is 0 Å². The second-order valence-electron chi connectivity index (χ2n) is 3.19. The van der Waals surface area contributed by atoms with Crippen molar-refractivity contribution in [1.82, 2.24) is 14.5 Å². The molecule has 0 saturated heterocycles. The molecule has 0 aliphatic heterocycles. The third kappa shape index (κ3) is 1.29. The topological polar surface area (TPSA) is 30.7 Å². The van der Waals surface area contributed by atoms with E-state index in [2.05, 4.69) is 23.8 Å². The van der Waals surface area contributed by atoms with Gasteiger partial charge < -0.3 is 0 Å². The van der Waals surface area contributed by atoms with E-state index in [1.807, 2.05) is 16.7 Å². The van der Waals surface area contributed by atoms with Crippen molar-refractivity contribution >= 4 is 22.8 Å². The summed E-state index contributed by atoms with van der Waals surface area (Å²) in [6, 6.07) is 4.05. The third-order valence-electron chi connectivity index (χ3n) is 1.92. The Kier molecular flexibility index (Phi) is 1.96. The Labute approximate surface area is 81.4 Å². The zero-order valence-corrected chi connectivity index (χ0v) is 8.28. The highest BCUT2D eigenvalue weighted by molar-refractivity contribution is 6.29. The lowest BCUT2D eigenvalue weighted by Gasteiger charge is -2.07. The highest BCUT2D eigenvalue weighted by Crippen LogP contribution is 2.21. The Morgan fingerprint density at radius 1 is 1.46 bits per heavy atom. The quantitative estimate of drug-likeness (QED) is 0.701.